The first-order chi connectivity index (χ1) is 9.08. The summed E-state index contributed by atoms with van der Waals surface area (Å²) < 4.78 is 19.3. The van der Waals surface area contributed by atoms with E-state index in [1.807, 2.05) is 0 Å². The molecule has 0 aliphatic carbocycles. The number of hydrogen-bond acceptors (Lipinski definition) is 2. The van der Waals surface area contributed by atoms with Crippen LogP contribution in [0.15, 0.2) is 40.9 Å². The molecule has 2 aromatic rings. The van der Waals surface area contributed by atoms with Gasteiger partial charge in [-0.25, -0.2) is 4.39 Å². The Morgan fingerprint density at radius 1 is 1.26 bits per heavy atom. The highest BCUT2D eigenvalue weighted by atomic mass is 79.9. The van der Waals surface area contributed by atoms with Crippen LogP contribution in [-0.2, 0) is 6.61 Å². The summed E-state index contributed by atoms with van der Waals surface area (Å²) in [4.78, 5) is 10.9. The molecular weight excluding hydrogens is 335 g/mol. The van der Waals surface area contributed by atoms with E-state index >= 15 is 0 Å². The van der Waals surface area contributed by atoms with Crippen LogP contribution in [0.25, 0.3) is 0 Å². The summed E-state index contributed by atoms with van der Waals surface area (Å²) >= 11 is 8.99. The number of carbonyl (C=O) groups excluding carboxylic acids is 1. The zero-order chi connectivity index (χ0) is 13.8. The van der Waals surface area contributed by atoms with Crippen LogP contribution in [0.3, 0.4) is 0 Å². The summed E-state index contributed by atoms with van der Waals surface area (Å²) in [6.07, 6.45) is 0.669. The molecule has 2 aromatic carbocycles. The van der Waals surface area contributed by atoms with Gasteiger partial charge >= 0.3 is 0 Å². The predicted molar refractivity (Wildman–Crippen MR) is 75.3 cm³/mol. The molecule has 0 unspecified atom stereocenters. The Labute approximate surface area is 123 Å². The Morgan fingerprint density at radius 3 is 2.74 bits per heavy atom. The minimum absolute atomic E-state index is 0.166. The van der Waals surface area contributed by atoms with E-state index in [1.54, 1.807) is 18.2 Å². The second-order valence-corrected chi connectivity index (χ2v) is 5.22. The van der Waals surface area contributed by atoms with Crippen molar-refractivity contribution in [3.8, 4) is 5.75 Å². The van der Waals surface area contributed by atoms with E-state index < -0.39 is 0 Å². The summed E-state index contributed by atoms with van der Waals surface area (Å²) in [5.41, 5.74) is 1.03. The predicted octanol–water partition coefficient (Wildman–Crippen LogP) is 4.63. The van der Waals surface area contributed by atoms with Gasteiger partial charge in [-0.3, -0.25) is 4.79 Å². The van der Waals surface area contributed by atoms with E-state index in [4.69, 9.17) is 16.3 Å². The standard InChI is InChI=1S/C14H9BrClFO2/c15-11-3-9(4-13(17)6-11)8-19-14-2-1-12(16)5-10(14)7-18/h1-7H,8H2. The fraction of sp³-hybridized carbons (Fsp3) is 0.0714. The van der Waals surface area contributed by atoms with Gasteiger partial charge < -0.3 is 4.74 Å². The second kappa shape index (κ2) is 6.17. The first-order valence-corrected chi connectivity index (χ1v) is 6.58. The molecule has 2 rings (SSSR count). The first kappa shape index (κ1) is 14.0. The molecule has 0 heterocycles. The third-order valence-electron chi connectivity index (χ3n) is 2.42. The summed E-state index contributed by atoms with van der Waals surface area (Å²) in [6, 6.07) is 9.25. The zero-order valence-corrected chi connectivity index (χ0v) is 12.0. The van der Waals surface area contributed by atoms with Crippen molar-refractivity contribution in [1.82, 2.24) is 0 Å². The third-order valence-corrected chi connectivity index (χ3v) is 3.11. The van der Waals surface area contributed by atoms with E-state index in [2.05, 4.69) is 15.9 Å². The normalized spacial score (nSPS) is 10.3. The van der Waals surface area contributed by atoms with Crippen LogP contribution in [0, 0.1) is 5.82 Å². The number of benzene rings is 2. The van der Waals surface area contributed by atoms with Crippen molar-refractivity contribution < 1.29 is 13.9 Å². The van der Waals surface area contributed by atoms with Crippen LogP contribution in [0.1, 0.15) is 15.9 Å². The molecule has 0 aliphatic heterocycles. The van der Waals surface area contributed by atoms with Gasteiger partial charge in [-0.1, -0.05) is 27.5 Å². The molecule has 0 radical (unpaired) electrons. The van der Waals surface area contributed by atoms with Gasteiger partial charge in [0.05, 0.1) is 5.56 Å². The van der Waals surface area contributed by atoms with Crippen molar-refractivity contribution in [2.24, 2.45) is 0 Å². The lowest BCUT2D eigenvalue weighted by Gasteiger charge is -2.09. The molecule has 0 aliphatic rings. The molecule has 5 heteroatoms. The molecule has 0 atom stereocenters. The van der Waals surface area contributed by atoms with Crippen LogP contribution in [0.4, 0.5) is 4.39 Å². The Balaban J connectivity index is 2.16. The molecule has 0 N–H and O–H groups in total. The van der Waals surface area contributed by atoms with Crippen molar-refractivity contribution in [1.29, 1.82) is 0 Å². The quantitative estimate of drug-likeness (QED) is 0.756. The molecule has 0 bridgehead atoms. The summed E-state index contributed by atoms with van der Waals surface area (Å²) in [6.45, 7) is 0.166. The number of aldehydes is 1. The molecule has 0 aromatic heterocycles. The summed E-state index contributed by atoms with van der Waals surface area (Å²) in [5.74, 6) is 0.0690. The van der Waals surface area contributed by atoms with Gasteiger partial charge in [0.15, 0.2) is 6.29 Å². The SMILES string of the molecule is O=Cc1cc(Cl)ccc1OCc1cc(F)cc(Br)c1. The molecule has 0 spiro atoms. The average molecular weight is 344 g/mol. The van der Waals surface area contributed by atoms with Gasteiger partial charge in [0, 0.05) is 9.50 Å². The second-order valence-electron chi connectivity index (χ2n) is 3.87. The Bertz CT molecular complexity index is 596. The molecule has 0 saturated carbocycles. The third kappa shape index (κ3) is 3.78. The minimum atomic E-state index is -0.348. The Kier molecular flexibility index (Phi) is 4.56. The van der Waals surface area contributed by atoms with Crippen LogP contribution in [0.2, 0.25) is 5.02 Å². The van der Waals surface area contributed by atoms with Gasteiger partial charge in [-0.15, -0.1) is 0 Å². The fourth-order valence-corrected chi connectivity index (χ4v) is 2.29. The Morgan fingerprint density at radius 2 is 2.05 bits per heavy atom. The maximum atomic E-state index is 13.2. The lowest BCUT2D eigenvalue weighted by atomic mass is 10.2. The van der Waals surface area contributed by atoms with Crippen molar-refractivity contribution in [3.05, 3.63) is 62.8 Å². The van der Waals surface area contributed by atoms with E-state index in [0.29, 0.717) is 32.7 Å². The largest absolute Gasteiger partial charge is 0.488 e. The van der Waals surface area contributed by atoms with Crippen molar-refractivity contribution in [2.45, 2.75) is 6.61 Å². The molecule has 0 amide bonds. The van der Waals surface area contributed by atoms with Gasteiger partial charge in [-0.05, 0) is 42.0 Å². The van der Waals surface area contributed by atoms with Crippen LogP contribution >= 0.6 is 27.5 Å². The van der Waals surface area contributed by atoms with E-state index in [9.17, 15) is 9.18 Å². The maximum Gasteiger partial charge on any atom is 0.153 e. The number of hydrogen-bond donors (Lipinski definition) is 0. The van der Waals surface area contributed by atoms with Crippen molar-refractivity contribution >= 4 is 33.8 Å². The molecule has 2 nitrogen and oxygen atoms in total. The molecule has 98 valence electrons. The zero-order valence-electron chi connectivity index (χ0n) is 9.70. The van der Waals surface area contributed by atoms with Crippen molar-refractivity contribution in [2.75, 3.05) is 0 Å². The van der Waals surface area contributed by atoms with E-state index in [-0.39, 0.29) is 12.4 Å². The maximum absolute atomic E-state index is 13.2. The minimum Gasteiger partial charge on any atom is -0.488 e. The molecule has 0 fully saturated rings. The number of halogens is 3. The smallest absolute Gasteiger partial charge is 0.153 e. The van der Waals surface area contributed by atoms with Crippen LogP contribution < -0.4 is 4.74 Å². The highest BCUT2D eigenvalue weighted by Gasteiger charge is 2.05. The highest BCUT2D eigenvalue weighted by Crippen LogP contribution is 2.23. The molecule has 0 saturated heterocycles. The number of rotatable bonds is 4. The summed E-state index contributed by atoms with van der Waals surface area (Å²) in [7, 11) is 0. The molecular formula is C14H9BrClFO2. The van der Waals surface area contributed by atoms with Gasteiger partial charge in [0.2, 0.25) is 0 Å². The van der Waals surface area contributed by atoms with Crippen LogP contribution in [-0.4, -0.2) is 6.29 Å². The van der Waals surface area contributed by atoms with E-state index in [1.165, 1.54) is 18.2 Å². The monoisotopic (exact) mass is 342 g/mol. The summed E-state index contributed by atoms with van der Waals surface area (Å²) in [5, 5.41) is 0.461. The topological polar surface area (TPSA) is 26.3 Å². The van der Waals surface area contributed by atoms with Gasteiger partial charge in [-0.2, -0.15) is 0 Å². The van der Waals surface area contributed by atoms with Crippen LogP contribution in [0.5, 0.6) is 5.75 Å². The lowest BCUT2D eigenvalue weighted by molar-refractivity contribution is 0.111. The fourth-order valence-electron chi connectivity index (χ4n) is 1.60. The lowest BCUT2D eigenvalue weighted by Crippen LogP contribution is -1.99. The van der Waals surface area contributed by atoms with E-state index in [0.717, 1.165) is 0 Å². The van der Waals surface area contributed by atoms with Gasteiger partial charge in [0.25, 0.3) is 0 Å². The number of ether oxygens (including phenoxy) is 1. The average Bonchev–Trinajstić information content (AvgIpc) is 2.36. The Hall–Kier alpha value is -1.39. The van der Waals surface area contributed by atoms with Crippen molar-refractivity contribution in [3.63, 3.8) is 0 Å². The first-order valence-electron chi connectivity index (χ1n) is 5.41. The number of carbonyl (C=O) groups is 1. The van der Waals surface area contributed by atoms with Gasteiger partial charge in [0.1, 0.15) is 18.2 Å². The molecule has 19 heavy (non-hydrogen) atoms. The highest BCUT2D eigenvalue weighted by molar-refractivity contribution is 9.10.